The third kappa shape index (κ3) is 5.07. The average Bonchev–Trinajstić information content (AvgIpc) is 3.61. The van der Waals surface area contributed by atoms with Crippen molar-refractivity contribution in [2.45, 2.75) is 0 Å². The molecule has 11 aromatic rings. The molecular formula is C53H32N4O. The van der Waals surface area contributed by atoms with E-state index in [1.807, 2.05) is 60.7 Å². The Bertz CT molecular complexity index is 3370. The summed E-state index contributed by atoms with van der Waals surface area (Å²) in [4.78, 5) is 15.1. The first-order chi connectivity index (χ1) is 28.7. The fraction of sp³-hybridized carbons (Fsp3) is 0. The van der Waals surface area contributed by atoms with Gasteiger partial charge in [-0.25, -0.2) is 15.0 Å². The number of hydrogen-bond acceptors (Lipinski definition) is 4. The molecule has 0 bridgehead atoms. The Hall–Kier alpha value is -7.89. The van der Waals surface area contributed by atoms with Crippen molar-refractivity contribution in [3.05, 3.63) is 194 Å². The molecule has 1 aliphatic heterocycles. The standard InChI is InChI=1S/C53H32N4O/c1-3-14-33(15-4-1)51-54-52(34-16-5-2-6-17-34)56-53(55-51)44-28-29-48-49-41(24-13-25-42(44)49)43-26-12-23-39(50(43)58-48)37-20-11-21-38(30-37)57-46-27-10-9-22-40(46)45-31-35-18-7-8-19-36(35)32-47(45)57/h1-32H. The molecule has 0 fully saturated rings. The monoisotopic (exact) mass is 740 g/mol. The topological polar surface area (TPSA) is 52.8 Å². The smallest absolute Gasteiger partial charge is 0.164 e. The summed E-state index contributed by atoms with van der Waals surface area (Å²) in [6, 6.07) is 68.0. The van der Waals surface area contributed by atoms with Gasteiger partial charge in [0.1, 0.15) is 11.5 Å². The van der Waals surface area contributed by atoms with Gasteiger partial charge in [0.05, 0.1) is 11.0 Å². The Morgan fingerprint density at radius 3 is 1.76 bits per heavy atom. The summed E-state index contributed by atoms with van der Waals surface area (Å²) in [5.74, 6) is 3.53. The van der Waals surface area contributed by atoms with Crippen molar-refractivity contribution >= 4 is 43.4 Å². The van der Waals surface area contributed by atoms with Gasteiger partial charge >= 0.3 is 0 Å². The van der Waals surface area contributed by atoms with E-state index in [9.17, 15) is 0 Å². The molecule has 0 saturated carbocycles. The zero-order valence-corrected chi connectivity index (χ0v) is 31.2. The van der Waals surface area contributed by atoms with E-state index in [-0.39, 0.29) is 0 Å². The lowest BCUT2D eigenvalue weighted by molar-refractivity contribution is 0.489. The van der Waals surface area contributed by atoms with Gasteiger partial charge in [-0.1, -0.05) is 152 Å². The molecule has 58 heavy (non-hydrogen) atoms. The normalized spacial score (nSPS) is 11.9. The second kappa shape index (κ2) is 12.8. The highest BCUT2D eigenvalue weighted by molar-refractivity contribution is 6.14. The van der Waals surface area contributed by atoms with E-state index in [1.165, 1.54) is 32.6 Å². The highest BCUT2D eigenvalue weighted by Crippen LogP contribution is 2.52. The van der Waals surface area contributed by atoms with Crippen LogP contribution in [-0.4, -0.2) is 19.5 Å². The molecule has 0 N–H and O–H groups in total. The molecule has 12 rings (SSSR count). The van der Waals surface area contributed by atoms with Crippen molar-refractivity contribution in [3.63, 3.8) is 0 Å². The van der Waals surface area contributed by atoms with Crippen LogP contribution in [0.1, 0.15) is 0 Å². The van der Waals surface area contributed by atoms with Crippen molar-refractivity contribution in [1.29, 1.82) is 0 Å². The Balaban J connectivity index is 1.00. The minimum absolute atomic E-state index is 0.617. The fourth-order valence-corrected chi connectivity index (χ4v) is 8.75. The molecule has 0 unspecified atom stereocenters. The molecule has 1 aliphatic rings. The van der Waals surface area contributed by atoms with E-state index in [4.69, 9.17) is 19.7 Å². The molecular weight excluding hydrogens is 709 g/mol. The van der Waals surface area contributed by atoms with E-state index < -0.39 is 0 Å². The maximum absolute atomic E-state index is 6.97. The van der Waals surface area contributed by atoms with Crippen molar-refractivity contribution in [1.82, 2.24) is 19.5 Å². The summed E-state index contributed by atoms with van der Waals surface area (Å²) in [6.45, 7) is 0. The second-order valence-corrected chi connectivity index (χ2v) is 14.8. The minimum Gasteiger partial charge on any atom is -0.455 e. The van der Waals surface area contributed by atoms with E-state index >= 15 is 0 Å². The van der Waals surface area contributed by atoms with Crippen LogP contribution in [0.5, 0.6) is 11.5 Å². The molecule has 2 aromatic heterocycles. The molecule has 0 aliphatic carbocycles. The molecule has 0 atom stereocenters. The van der Waals surface area contributed by atoms with Crippen LogP contribution < -0.4 is 4.74 Å². The largest absolute Gasteiger partial charge is 0.455 e. The first-order valence-corrected chi connectivity index (χ1v) is 19.5. The van der Waals surface area contributed by atoms with E-state index in [2.05, 4.69) is 138 Å². The zero-order chi connectivity index (χ0) is 38.2. The Morgan fingerprint density at radius 1 is 0.362 bits per heavy atom. The predicted octanol–water partition coefficient (Wildman–Crippen LogP) is 13.7. The van der Waals surface area contributed by atoms with Gasteiger partial charge in [-0.05, 0) is 69.8 Å². The van der Waals surface area contributed by atoms with Crippen LogP contribution in [0.25, 0.3) is 105 Å². The van der Waals surface area contributed by atoms with Gasteiger partial charge in [0, 0.05) is 49.7 Å². The molecule has 270 valence electrons. The van der Waals surface area contributed by atoms with Crippen LogP contribution in [0.15, 0.2) is 194 Å². The lowest BCUT2D eigenvalue weighted by atomic mass is 9.90. The maximum atomic E-state index is 6.97. The summed E-state index contributed by atoms with van der Waals surface area (Å²) in [5.41, 5.74) is 10.5. The summed E-state index contributed by atoms with van der Waals surface area (Å²) in [7, 11) is 0. The number of aromatic nitrogens is 4. The van der Waals surface area contributed by atoms with Crippen LogP contribution in [0.4, 0.5) is 0 Å². The number of rotatable bonds is 5. The van der Waals surface area contributed by atoms with Crippen LogP contribution in [0, 0.1) is 0 Å². The van der Waals surface area contributed by atoms with Gasteiger partial charge in [0.2, 0.25) is 0 Å². The van der Waals surface area contributed by atoms with Gasteiger partial charge in [0.15, 0.2) is 17.5 Å². The zero-order valence-electron chi connectivity index (χ0n) is 31.2. The van der Waals surface area contributed by atoms with Crippen molar-refractivity contribution in [2.24, 2.45) is 0 Å². The number of ether oxygens (including phenoxy) is 1. The summed E-state index contributed by atoms with van der Waals surface area (Å²) < 4.78 is 9.36. The summed E-state index contributed by atoms with van der Waals surface area (Å²) in [6.07, 6.45) is 0. The van der Waals surface area contributed by atoms with E-state index in [0.717, 1.165) is 66.9 Å². The lowest BCUT2D eigenvalue weighted by Crippen LogP contribution is -2.02. The molecule has 0 spiro atoms. The quantitative estimate of drug-likeness (QED) is 0.176. The summed E-state index contributed by atoms with van der Waals surface area (Å²) in [5, 5.41) is 7.01. The number of benzene rings is 9. The van der Waals surface area contributed by atoms with Gasteiger partial charge in [-0.2, -0.15) is 0 Å². The van der Waals surface area contributed by atoms with Crippen LogP contribution in [0.2, 0.25) is 0 Å². The first-order valence-electron chi connectivity index (χ1n) is 19.5. The molecule has 5 heteroatoms. The second-order valence-electron chi connectivity index (χ2n) is 14.8. The maximum Gasteiger partial charge on any atom is 0.164 e. The third-order valence-electron chi connectivity index (χ3n) is 11.4. The highest BCUT2D eigenvalue weighted by Gasteiger charge is 2.26. The number of hydrogen-bond donors (Lipinski definition) is 0. The Labute approximate surface area is 334 Å². The van der Waals surface area contributed by atoms with Gasteiger partial charge in [0.25, 0.3) is 0 Å². The molecule has 0 amide bonds. The molecule has 3 heterocycles. The number of nitrogens with zero attached hydrogens (tertiary/aromatic N) is 4. The van der Waals surface area contributed by atoms with E-state index in [1.54, 1.807) is 0 Å². The van der Waals surface area contributed by atoms with Crippen LogP contribution >= 0.6 is 0 Å². The van der Waals surface area contributed by atoms with Crippen molar-refractivity contribution in [3.8, 4) is 73.6 Å². The van der Waals surface area contributed by atoms with Gasteiger partial charge in [-0.3, -0.25) is 0 Å². The Kier molecular flexibility index (Phi) is 7.16. The van der Waals surface area contributed by atoms with Crippen LogP contribution in [0.3, 0.4) is 0 Å². The number of para-hydroxylation sites is 2. The SMILES string of the molecule is c1ccc(-c2nc(-c3ccccc3)nc(-c3ccc4c5c(cccc35)-c3cccc(-c5cccc(-n6c7ccccc7c7cc8ccccc8cc76)c5)c3O4)n2)cc1. The van der Waals surface area contributed by atoms with Gasteiger partial charge < -0.3 is 9.30 Å². The first kappa shape index (κ1) is 32.4. The molecule has 0 radical (unpaired) electrons. The average molecular weight is 741 g/mol. The number of fused-ring (bicyclic) bond motifs is 6. The van der Waals surface area contributed by atoms with Gasteiger partial charge in [-0.15, -0.1) is 0 Å². The predicted molar refractivity (Wildman–Crippen MR) is 236 cm³/mol. The fourth-order valence-electron chi connectivity index (χ4n) is 8.75. The Morgan fingerprint density at radius 2 is 0.966 bits per heavy atom. The third-order valence-corrected chi connectivity index (χ3v) is 11.4. The van der Waals surface area contributed by atoms with Crippen LogP contribution in [-0.2, 0) is 0 Å². The molecule has 5 nitrogen and oxygen atoms in total. The molecule has 0 saturated heterocycles. The minimum atomic E-state index is 0.617. The summed E-state index contributed by atoms with van der Waals surface area (Å²) >= 11 is 0. The van der Waals surface area contributed by atoms with Crippen molar-refractivity contribution < 1.29 is 4.74 Å². The molecule has 9 aromatic carbocycles. The van der Waals surface area contributed by atoms with Crippen molar-refractivity contribution in [2.75, 3.05) is 0 Å². The van der Waals surface area contributed by atoms with E-state index in [0.29, 0.717) is 17.5 Å². The lowest BCUT2D eigenvalue weighted by Gasteiger charge is -2.24. The highest BCUT2D eigenvalue weighted by atomic mass is 16.5.